The lowest BCUT2D eigenvalue weighted by Crippen LogP contribution is -2.27. The zero-order chi connectivity index (χ0) is 26.0. The summed E-state index contributed by atoms with van der Waals surface area (Å²) in [6.07, 6.45) is 7.32. The number of benzene rings is 1. The second-order valence-corrected chi connectivity index (χ2v) is 10.0. The molecule has 1 aromatic carbocycles. The van der Waals surface area contributed by atoms with Crippen LogP contribution in [-0.4, -0.2) is 42.3 Å². The highest BCUT2D eigenvalue weighted by atomic mass is 35.5. The molecule has 11 heteroatoms. The first-order valence-corrected chi connectivity index (χ1v) is 12.5. The van der Waals surface area contributed by atoms with Gasteiger partial charge in [0.1, 0.15) is 11.4 Å². The summed E-state index contributed by atoms with van der Waals surface area (Å²) in [5.74, 6) is -0.631. The lowest BCUT2D eigenvalue weighted by Gasteiger charge is -2.20. The first kappa shape index (κ1) is 25.6. The van der Waals surface area contributed by atoms with Crippen molar-refractivity contribution in [2.75, 3.05) is 6.26 Å². The summed E-state index contributed by atoms with van der Waals surface area (Å²) in [5, 5.41) is 4.65. The smallest absolute Gasteiger partial charge is 0.435 e. The van der Waals surface area contributed by atoms with Crippen LogP contribution in [0.15, 0.2) is 71.1 Å². The SMILES string of the molecule is CSc1nccc(-c2ccn(C(c3ccc(Cl)c(F)c3)c3cnn(C(=O)OC(C)(C)C)c3)c(=O)c2)n1. The molecule has 0 aliphatic heterocycles. The molecular weight excluding hydrogens is 505 g/mol. The van der Waals surface area contributed by atoms with Gasteiger partial charge in [0, 0.05) is 35.8 Å². The predicted octanol–water partition coefficient (Wildman–Crippen LogP) is 5.44. The van der Waals surface area contributed by atoms with E-state index in [1.54, 1.807) is 51.4 Å². The molecular formula is C25H23ClFN5O3S. The van der Waals surface area contributed by atoms with Crippen molar-refractivity contribution < 1.29 is 13.9 Å². The van der Waals surface area contributed by atoms with Gasteiger partial charge in [-0.25, -0.2) is 19.2 Å². The Morgan fingerprint density at radius 2 is 1.94 bits per heavy atom. The number of rotatable bonds is 5. The minimum absolute atomic E-state index is 0.0435. The lowest BCUT2D eigenvalue weighted by molar-refractivity contribution is 0.0514. The highest BCUT2D eigenvalue weighted by molar-refractivity contribution is 7.98. The molecule has 0 fully saturated rings. The van der Waals surface area contributed by atoms with Gasteiger partial charge in [-0.2, -0.15) is 9.78 Å². The van der Waals surface area contributed by atoms with Crippen LogP contribution in [0.25, 0.3) is 11.3 Å². The minimum Gasteiger partial charge on any atom is -0.442 e. The van der Waals surface area contributed by atoms with Crippen molar-refractivity contribution in [3.8, 4) is 11.3 Å². The summed E-state index contributed by atoms with van der Waals surface area (Å²) >= 11 is 7.29. The molecule has 186 valence electrons. The van der Waals surface area contributed by atoms with E-state index >= 15 is 0 Å². The molecule has 0 spiro atoms. The second-order valence-electron chi connectivity index (χ2n) is 8.86. The molecule has 1 unspecified atom stereocenters. The third kappa shape index (κ3) is 5.66. The van der Waals surface area contributed by atoms with Crippen molar-refractivity contribution >= 4 is 29.5 Å². The van der Waals surface area contributed by atoms with Gasteiger partial charge in [0.25, 0.3) is 5.56 Å². The number of thioether (sulfide) groups is 1. The van der Waals surface area contributed by atoms with E-state index in [2.05, 4.69) is 15.1 Å². The molecule has 4 aromatic rings. The van der Waals surface area contributed by atoms with Crippen LogP contribution in [0.2, 0.25) is 5.02 Å². The van der Waals surface area contributed by atoms with Crippen molar-refractivity contribution in [1.82, 2.24) is 24.3 Å². The normalized spacial score (nSPS) is 12.4. The standard InChI is InChI=1S/C25H23ClFN5O3S/c1-25(2,3)35-24(34)32-14-17(13-29-32)22(16-5-6-18(26)19(27)11-16)31-10-8-15(12-21(31)33)20-7-9-28-23(30-20)36-4/h5-14,22H,1-4H3. The molecule has 0 radical (unpaired) electrons. The number of hydrogen-bond donors (Lipinski definition) is 0. The molecule has 0 aliphatic carbocycles. The van der Waals surface area contributed by atoms with Gasteiger partial charge in [-0.1, -0.05) is 29.4 Å². The zero-order valence-corrected chi connectivity index (χ0v) is 21.5. The third-order valence-electron chi connectivity index (χ3n) is 5.10. The Kier molecular flexibility index (Phi) is 7.28. The summed E-state index contributed by atoms with van der Waals surface area (Å²) in [7, 11) is 0. The molecule has 36 heavy (non-hydrogen) atoms. The topological polar surface area (TPSA) is 91.9 Å². The monoisotopic (exact) mass is 527 g/mol. The molecule has 0 N–H and O–H groups in total. The van der Waals surface area contributed by atoms with Crippen LogP contribution in [0.1, 0.15) is 37.9 Å². The summed E-state index contributed by atoms with van der Waals surface area (Å²) < 4.78 is 22.3. The molecule has 0 amide bonds. The van der Waals surface area contributed by atoms with Crippen LogP contribution in [0.3, 0.4) is 0 Å². The van der Waals surface area contributed by atoms with Gasteiger partial charge in [0.05, 0.1) is 23.0 Å². The maximum Gasteiger partial charge on any atom is 0.435 e. The summed E-state index contributed by atoms with van der Waals surface area (Å²) in [5.41, 5.74) is 1.06. The highest BCUT2D eigenvalue weighted by Gasteiger charge is 2.24. The molecule has 0 saturated heterocycles. The largest absolute Gasteiger partial charge is 0.442 e. The van der Waals surface area contributed by atoms with Crippen molar-refractivity contribution in [3.05, 3.63) is 93.5 Å². The zero-order valence-electron chi connectivity index (χ0n) is 20.0. The fourth-order valence-corrected chi connectivity index (χ4v) is 4.02. The number of carbonyl (C=O) groups is 1. The van der Waals surface area contributed by atoms with Crippen LogP contribution in [-0.2, 0) is 4.74 Å². The van der Waals surface area contributed by atoms with E-state index < -0.39 is 23.6 Å². The van der Waals surface area contributed by atoms with Crippen molar-refractivity contribution in [2.45, 2.75) is 37.6 Å². The van der Waals surface area contributed by atoms with Gasteiger partial charge in [-0.3, -0.25) is 4.79 Å². The molecule has 4 rings (SSSR count). The van der Waals surface area contributed by atoms with E-state index in [-0.39, 0.29) is 10.6 Å². The fourth-order valence-electron chi connectivity index (χ4n) is 3.54. The van der Waals surface area contributed by atoms with Gasteiger partial charge in [-0.15, -0.1) is 0 Å². The number of hydrogen-bond acceptors (Lipinski definition) is 7. The van der Waals surface area contributed by atoms with Crippen molar-refractivity contribution in [1.29, 1.82) is 0 Å². The number of nitrogens with zero attached hydrogens (tertiary/aromatic N) is 5. The molecule has 3 aromatic heterocycles. The third-order valence-corrected chi connectivity index (χ3v) is 5.96. The Hall–Kier alpha value is -3.50. The highest BCUT2D eigenvalue weighted by Crippen LogP contribution is 2.29. The van der Waals surface area contributed by atoms with Gasteiger partial charge < -0.3 is 9.30 Å². The quantitative estimate of drug-likeness (QED) is 0.252. The Morgan fingerprint density at radius 1 is 1.17 bits per heavy atom. The Morgan fingerprint density at radius 3 is 2.61 bits per heavy atom. The van der Waals surface area contributed by atoms with Crippen LogP contribution in [0, 0.1) is 5.82 Å². The average Bonchev–Trinajstić information content (AvgIpc) is 3.31. The fraction of sp³-hybridized carbons (Fsp3) is 0.240. The van der Waals surface area contributed by atoms with E-state index in [4.69, 9.17) is 16.3 Å². The van der Waals surface area contributed by atoms with Crippen LogP contribution in [0.4, 0.5) is 9.18 Å². The van der Waals surface area contributed by atoms with E-state index in [0.717, 1.165) is 4.68 Å². The molecule has 0 aliphatic rings. The van der Waals surface area contributed by atoms with E-state index in [1.165, 1.54) is 46.9 Å². The molecule has 3 heterocycles. The molecule has 0 saturated carbocycles. The van der Waals surface area contributed by atoms with Crippen LogP contribution >= 0.6 is 23.4 Å². The average molecular weight is 528 g/mol. The van der Waals surface area contributed by atoms with Gasteiger partial charge >= 0.3 is 6.09 Å². The Balaban J connectivity index is 1.79. The maximum absolute atomic E-state index is 14.4. The summed E-state index contributed by atoms with van der Waals surface area (Å²) in [6, 6.07) is 8.41. The first-order chi connectivity index (χ1) is 17.1. The van der Waals surface area contributed by atoms with E-state index in [9.17, 15) is 14.0 Å². The number of pyridine rings is 1. The Labute approximate surface area is 216 Å². The van der Waals surface area contributed by atoms with Gasteiger partial charge in [-0.05, 0) is 56.9 Å². The van der Waals surface area contributed by atoms with Gasteiger partial charge in [0.2, 0.25) is 0 Å². The van der Waals surface area contributed by atoms with Crippen molar-refractivity contribution in [3.63, 3.8) is 0 Å². The number of carbonyl (C=O) groups excluding carboxylic acids is 1. The predicted molar refractivity (Wildman–Crippen MR) is 136 cm³/mol. The lowest BCUT2D eigenvalue weighted by atomic mass is 10.0. The molecule has 0 bridgehead atoms. The summed E-state index contributed by atoms with van der Waals surface area (Å²) in [4.78, 5) is 34.4. The number of aromatic nitrogens is 5. The van der Waals surface area contributed by atoms with Crippen molar-refractivity contribution in [2.24, 2.45) is 0 Å². The van der Waals surface area contributed by atoms with Crippen LogP contribution in [0.5, 0.6) is 0 Å². The molecule has 1 atom stereocenters. The summed E-state index contributed by atoms with van der Waals surface area (Å²) in [6.45, 7) is 5.24. The van der Waals surface area contributed by atoms with Gasteiger partial charge in [0.15, 0.2) is 5.16 Å². The molecule has 8 nitrogen and oxygen atoms in total. The number of ether oxygens (including phenoxy) is 1. The second kappa shape index (κ2) is 10.2. The Bertz CT molecular complexity index is 1480. The maximum atomic E-state index is 14.4. The van der Waals surface area contributed by atoms with E-state index in [0.29, 0.717) is 27.5 Å². The number of halogens is 2. The van der Waals surface area contributed by atoms with E-state index in [1.807, 2.05) is 6.26 Å². The minimum atomic E-state index is -0.790. The van der Waals surface area contributed by atoms with Crippen LogP contribution < -0.4 is 5.56 Å². The first-order valence-electron chi connectivity index (χ1n) is 10.9.